The SMILES string of the molecule is Cc1cc(NC(=O)C2CC2)sc1C(=O)N1CCCC(O)C1. The summed E-state index contributed by atoms with van der Waals surface area (Å²) >= 11 is 1.33. The zero-order valence-electron chi connectivity index (χ0n) is 12.1. The fourth-order valence-electron chi connectivity index (χ4n) is 2.61. The van der Waals surface area contributed by atoms with E-state index in [9.17, 15) is 14.7 Å². The van der Waals surface area contributed by atoms with E-state index in [4.69, 9.17) is 0 Å². The maximum absolute atomic E-state index is 12.5. The van der Waals surface area contributed by atoms with Crippen LogP contribution < -0.4 is 5.32 Å². The summed E-state index contributed by atoms with van der Waals surface area (Å²) in [6, 6.07) is 1.86. The molecular weight excluding hydrogens is 288 g/mol. The van der Waals surface area contributed by atoms with Crippen LogP contribution in [-0.4, -0.2) is 41.0 Å². The largest absolute Gasteiger partial charge is 0.391 e. The molecule has 0 radical (unpaired) electrons. The number of nitrogens with zero attached hydrogens (tertiary/aromatic N) is 1. The highest BCUT2D eigenvalue weighted by atomic mass is 32.1. The lowest BCUT2D eigenvalue weighted by molar-refractivity contribution is -0.117. The van der Waals surface area contributed by atoms with Crippen LogP contribution >= 0.6 is 11.3 Å². The topological polar surface area (TPSA) is 69.6 Å². The van der Waals surface area contributed by atoms with Crippen molar-refractivity contribution in [1.82, 2.24) is 4.90 Å². The predicted molar refractivity (Wildman–Crippen MR) is 81.6 cm³/mol. The van der Waals surface area contributed by atoms with Crippen LogP contribution in [0.3, 0.4) is 0 Å². The predicted octanol–water partition coefficient (Wildman–Crippen LogP) is 2.00. The minimum absolute atomic E-state index is 0.0387. The van der Waals surface area contributed by atoms with Crippen LogP contribution in [0.5, 0.6) is 0 Å². The highest BCUT2D eigenvalue weighted by Gasteiger charge is 2.30. The second-order valence-electron chi connectivity index (χ2n) is 5.93. The highest BCUT2D eigenvalue weighted by molar-refractivity contribution is 7.18. The number of carbonyl (C=O) groups is 2. The van der Waals surface area contributed by atoms with Crippen LogP contribution in [0, 0.1) is 12.8 Å². The van der Waals surface area contributed by atoms with Crippen molar-refractivity contribution in [2.75, 3.05) is 18.4 Å². The van der Waals surface area contributed by atoms with Gasteiger partial charge in [0.15, 0.2) is 0 Å². The standard InChI is InChI=1S/C15H20N2O3S/c1-9-7-12(16-14(19)10-4-5-10)21-13(9)15(20)17-6-2-3-11(18)8-17/h7,10-11,18H,2-6,8H2,1H3,(H,16,19). The summed E-state index contributed by atoms with van der Waals surface area (Å²) in [6.45, 7) is 2.98. The number of aliphatic hydroxyl groups is 1. The molecule has 1 saturated carbocycles. The fourth-order valence-corrected chi connectivity index (χ4v) is 3.65. The molecule has 0 bridgehead atoms. The van der Waals surface area contributed by atoms with E-state index in [2.05, 4.69) is 5.32 Å². The maximum atomic E-state index is 12.5. The number of aryl methyl sites for hydroxylation is 1. The van der Waals surface area contributed by atoms with Gasteiger partial charge < -0.3 is 15.3 Å². The summed E-state index contributed by atoms with van der Waals surface area (Å²) in [5.74, 6) is 0.176. The number of hydrogen-bond acceptors (Lipinski definition) is 4. The van der Waals surface area contributed by atoms with Crippen molar-refractivity contribution in [3.8, 4) is 0 Å². The number of β-amino-alcohol motifs (C(OH)–C–C–N with tert-alkyl or cyclic N) is 1. The van der Waals surface area contributed by atoms with Gasteiger partial charge in [-0.2, -0.15) is 0 Å². The number of rotatable bonds is 3. The molecule has 1 atom stereocenters. The zero-order valence-corrected chi connectivity index (χ0v) is 12.9. The number of piperidine rings is 1. The molecule has 2 heterocycles. The number of nitrogens with one attached hydrogen (secondary N) is 1. The molecule has 3 rings (SSSR count). The van der Waals surface area contributed by atoms with Crippen molar-refractivity contribution in [3.05, 3.63) is 16.5 Å². The third-order valence-corrected chi connectivity index (χ3v) is 5.13. The third kappa shape index (κ3) is 3.27. The molecule has 1 saturated heterocycles. The van der Waals surface area contributed by atoms with Gasteiger partial charge in [-0.05, 0) is 44.2 Å². The lowest BCUT2D eigenvalue weighted by Crippen LogP contribution is -2.42. The minimum Gasteiger partial charge on any atom is -0.391 e. The van der Waals surface area contributed by atoms with Gasteiger partial charge in [0, 0.05) is 19.0 Å². The summed E-state index contributed by atoms with van der Waals surface area (Å²) < 4.78 is 0. The first-order valence-electron chi connectivity index (χ1n) is 7.43. The van der Waals surface area contributed by atoms with Gasteiger partial charge in [0.2, 0.25) is 5.91 Å². The molecule has 5 nitrogen and oxygen atoms in total. The van der Waals surface area contributed by atoms with E-state index in [-0.39, 0.29) is 17.7 Å². The van der Waals surface area contributed by atoms with E-state index in [1.807, 2.05) is 13.0 Å². The van der Waals surface area contributed by atoms with E-state index in [0.29, 0.717) is 18.0 Å². The molecule has 1 aromatic heterocycles. The molecule has 21 heavy (non-hydrogen) atoms. The molecule has 114 valence electrons. The molecular formula is C15H20N2O3S. The Morgan fingerprint density at radius 2 is 2.14 bits per heavy atom. The Labute approximate surface area is 128 Å². The summed E-state index contributed by atoms with van der Waals surface area (Å²) in [5, 5.41) is 13.3. The summed E-state index contributed by atoms with van der Waals surface area (Å²) in [5.41, 5.74) is 0.885. The lowest BCUT2D eigenvalue weighted by atomic mass is 10.1. The van der Waals surface area contributed by atoms with E-state index in [1.54, 1.807) is 4.90 Å². The molecule has 0 spiro atoms. The molecule has 2 fully saturated rings. The Morgan fingerprint density at radius 1 is 1.38 bits per heavy atom. The van der Waals surface area contributed by atoms with Crippen LogP contribution in [0.2, 0.25) is 0 Å². The summed E-state index contributed by atoms with van der Waals surface area (Å²) in [6.07, 6.45) is 3.11. The molecule has 2 N–H and O–H groups in total. The van der Waals surface area contributed by atoms with E-state index in [0.717, 1.165) is 36.2 Å². The zero-order chi connectivity index (χ0) is 15.0. The molecule has 2 amide bonds. The van der Waals surface area contributed by atoms with Crippen molar-refractivity contribution < 1.29 is 14.7 Å². The first kappa shape index (κ1) is 14.5. The Kier molecular flexibility index (Phi) is 3.99. The molecule has 1 unspecified atom stereocenters. The average Bonchev–Trinajstić information content (AvgIpc) is 3.23. The van der Waals surface area contributed by atoms with Gasteiger partial charge in [0.25, 0.3) is 5.91 Å². The maximum Gasteiger partial charge on any atom is 0.264 e. The molecule has 2 aliphatic rings. The Balaban J connectivity index is 1.70. The minimum atomic E-state index is -0.419. The summed E-state index contributed by atoms with van der Waals surface area (Å²) in [4.78, 5) is 26.7. The molecule has 1 aliphatic heterocycles. The number of hydrogen-bond donors (Lipinski definition) is 2. The highest BCUT2D eigenvalue weighted by Crippen LogP contribution is 2.33. The number of anilines is 1. The number of likely N-dealkylation sites (tertiary alicyclic amines) is 1. The smallest absolute Gasteiger partial charge is 0.264 e. The molecule has 1 aliphatic carbocycles. The quantitative estimate of drug-likeness (QED) is 0.897. The van der Waals surface area contributed by atoms with E-state index in [1.165, 1.54) is 11.3 Å². The van der Waals surface area contributed by atoms with Crippen LogP contribution in [0.25, 0.3) is 0 Å². The summed E-state index contributed by atoms with van der Waals surface area (Å²) in [7, 11) is 0. The van der Waals surface area contributed by atoms with E-state index >= 15 is 0 Å². The average molecular weight is 308 g/mol. The Hall–Kier alpha value is -1.40. The van der Waals surface area contributed by atoms with Crippen LogP contribution in [-0.2, 0) is 4.79 Å². The number of aliphatic hydroxyl groups excluding tert-OH is 1. The number of carbonyl (C=O) groups excluding carboxylic acids is 2. The van der Waals surface area contributed by atoms with Gasteiger partial charge in [-0.15, -0.1) is 11.3 Å². The van der Waals surface area contributed by atoms with Gasteiger partial charge >= 0.3 is 0 Å². The molecule has 1 aromatic rings. The molecule has 0 aromatic carbocycles. The van der Waals surface area contributed by atoms with Crippen LogP contribution in [0.15, 0.2) is 6.07 Å². The van der Waals surface area contributed by atoms with Crippen LogP contribution in [0.4, 0.5) is 5.00 Å². The van der Waals surface area contributed by atoms with Crippen molar-refractivity contribution in [1.29, 1.82) is 0 Å². The normalized spacial score (nSPS) is 22.2. The number of amides is 2. The Bertz CT molecular complexity index is 565. The van der Waals surface area contributed by atoms with Crippen molar-refractivity contribution in [3.63, 3.8) is 0 Å². The van der Waals surface area contributed by atoms with Crippen molar-refractivity contribution in [2.45, 2.75) is 38.7 Å². The second kappa shape index (κ2) is 5.77. The monoisotopic (exact) mass is 308 g/mol. The van der Waals surface area contributed by atoms with Gasteiger partial charge in [-0.3, -0.25) is 9.59 Å². The van der Waals surface area contributed by atoms with Crippen LogP contribution in [0.1, 0.15) is 40.9 Å². The first-order valence-corrected chi connectivity index (χ1v) is 8.25. The van der Waals surface area contributed by atoms with E-state index < -0.39 is 6.10 Å². The van der Waals surface area contributed by atoms with Gasteiger partial charge in [0.1, 0.15) is 0 Å². The first-order chi connectivity index (χ1) is 10.0. The number of thiophene rings is 1. The second-order valence-corrected chi connectivity index (χ2v) is 6.99. The van der Waals surface area contributed by atoms with Crippen molar-refractivity contribution >= 4 is 28.2 Å². The molecule has 6 heteroatoms. The van der Waals surface area contributed by atoms with Crippen molar-refractivity contribution in [2.24, 2.45) is 5.92 Å². The lowest BCUT2D eigenvalue weighted by Gasteiger charge is -2.29. The van der Waals surface area contributed by atoms with Gasteiger partial charge in [-0.25, -0.2) is 0 Å². The van der Waals surface area contributed by atoms with Gasteiger partial charge in [-0.1, -0.05) is 0 Å². The van der Waals surface area contributed by atoms with Gasteiger partial charge in [0.05, 0.1) is 16.0 Å². The fraction of sp³-hybridized carbons (Fsp3) is 0.600. The Morgan fingerprint density at radius 3 is 2.81 bits per heavy atom. The third-order valence-electron chi connectivity index (χ3n) is 3.99.